The van der Waals surface area contributed by atoms with Gasteiger partial charge in [0.25, 0.3) is 0 Å². The quantitative estimate of drug-likeness (QED) is 0.891. The van der Waals surface area contributed by atoms with Gasteiger partial charge in [-0.25, -0.2) is 4.39 Å². The van der Waals surface area contributed by atoms with Gasteiger partial charge in [0, 0.05) is 28.3 Å². The Bertz CT molecular complexity index is 524. The lowest BCUT2D eigenvalue weighted by Crippen LogP contribution is -2.43. The highest BCUT2D eigenvalue weighted by Crippen LogP contribution is 2.29. The molecule has 0 aromatic heterocycles. The molecule has 0 spiro atoms. The Kier molecular flexibility index (Phi) is 3.85. The second-order valence-corrected chi connectivity index (χ2v) is 6.91. The summed E-state index contributed by atoms with van der Waals surface area (Å²) in [5.41, 5.74) is 0.893. The van der Waals surface area contributed by atoms with E-state index in [0.717, 1.165) is 18.4 Å². The minimum Gasteiger partial charge on any atom is -0.319 e. The van der Waals surface area contributed by atoms with Crippen molar-refractivity contribution >= 4 is 16.7 Å². The minimum atomic E-state index is -0.739. The van der Waals surface area contributed by atoms with Crippen LogP contribution in [-0.2, 0) is 15.6 Å². The Morgan fingerprint density at radius 1 is 1.20 bits per heavy atom. The van der Waals surface area contributed by atoms with Crippen LogP contribution in [0.1, 0.15) is 24.6 Å². The number of hydrogen-bond donors (Lipinski definition) is 1. The van der Waals surface area contributed by atoms with Crippen molar-refractivity contribution in [3.8, 4) is 0 Å². The lowest BCUT2D eigenvalue weighted by molar-refractivity contribution is -0.130. The topological polar surface area (TPSA) is 49.4 Å². The molecule has 2 aliphatic rings. The van der Waals surface area contributed by atoms with Crippen LogP contribution < -0.4 is 5.32 Å². The lowest BCUT2D eigenvalue weighted by atomic mass is 10.1. The maximum atomic E-state index is 13.0. The highest BCUT2D eigenvalue weighted by molar-refractivity contribution is 7.85. The zero-order valence-electron chi connectivity index (χ0n) is 11.0. The molecule has 1 unspecified atom stereocenters. The van der Waals surface area contributed by atoms with E-state index in [9.17, 15) is 13.4 Å². The summed E-state index contributed by atoms with van der Waals surface area (Å²) in [5, 5.41) is 3.18. The fourth-order valence-electron chi connectivity index (χ4n) is 2.92. The second-order valence-electron chi connectivity index (χ2n) is 5.22. The molecule has 1 amide bonds. The van der Waals surface area contributed by atoms with Gasteiger partial charge < -0.3 is 4.90 Å². The summed E-state index contributed by atoms with van der Waals surface area (Å²) in [6, 6.07) is 6.37. The van der Waals surface area contributed by atoms with Crippen molar-refractivity contribution in [2.75, 3.05) is 18.1 Å². The van der Waals surface area contributed by atoms with Gasteiger partial charge in [0.15, 0.2) is 0 Å². The van der Waals surface area contributed by atoms with Crippen LogP contribution in [0.3, 0.4) is 0 Å². The van der Waals surface area contributed by atoms with Crippen molar-refractivity contribution < 1.29 is 13.4 Å². The van der Waals surface area contributed by atoms with Crippen LogP contribution in [0.25, 0.3) is 0 Å². The number of halogens is 1. The van der Waals surface area contributed by atoms with Gasteiger partial charge in [-0.2, -0.15) is 0 Å². The summed E-state index contributed by atoms with van der Waals surface area (Å²) in [6.07, 6.45) is 1.36. The zero-order chi connectivity index (χ0) is 14.1. The van der Waals surface area contributed by atoms with Gasteiger partial charge in [-0.05, 0) is 30.5 Å². The van der Waals surface area contributed by atoms with Gasteiger partial charge in [-0.3, -0.25) is 14.3 Å². The maximum absolute atomic E-state index is 13.0. The van der Waals surface area contributed by atoms with Gasteiger partial charge in [-0.1, -0.05) is 12.1 Å². The normalized spacial score (nSPS) is 30.8. The Labute approximate surface area is 119 Å². The molecule has 108 valence electrons. The molecule has 2 fully saturated rings. The van der Waals surface area contributed by atoms with Crippen molar-refractivity contribution in [1.29, 1.82) is 0 Å². The van der Waals surface area contributed by atoms with Crippen LogP contribution in [0.15, 0.2) is 24.3 Å². The summed E-state index contributed by atoms with van der Waals surface area (Å²) in [5.74, 6) is 1.10. The number of amides is 1. The van der Waals surface area contributed by atoms with Crippen molar-refractivity contribution in [2.45, 2.75) is 25.0 Å². The van der Waals surface area contributed by atoms with E-state index in [1.807, 2.05) is 4.90 Å². The Balaban J connectivity index is 1.81. The third kappa shape index (κ3) is 2.62. The Morgan fingerprint density at radius 2 is 1.85 bits per heavy atom. The number of carbonyl (C=O) groups excluding carboxylic acids is 1. The summed E-state index contributed by atoms with van der Waals surface area (Å²) in [6.45, 7) is 0.307. The Hall–Kier alpha value is -1.27. The number of nitrogens with zero attached hydrogens (tertiary/aromatic N) is 1. The summed E-state index contributed by atoms with van der Waals surface area (Å²) >= 11 is 0. The molecular formula is C14H17FN2O2S. The highest BCUT2D eigenvalue weighted by Gasteiger charge is 2.37. The van der Waals surface area contributed by atoms with Crippen molar-refractivity contribution in [3.05, 3.63) is 35.6 Å². The Morgan fingerprint density at radius 3 is 2.50 bits per heavy atom. The van der Waals surface area contributed by atoms with E-state index in [4.69, 9.17) is 0 Å². The molecule has 0 bridgehead atoms. The summed E-state index contributed by atoms with van der Waals surface area (Å²) < 4.78 is 24.5. The fraction of sp³-hybridized carbons (Fsp3) is 0.500. The van der Waals surface area contributed by atoms with E-state index in [1.165, 1.54) is 12.1 Å². The molecule has 6 heteroatoms. The van der Waals surface area contributed by atoms with Crippen LogP contribution in [0, 0.1) is 5.82 Å². The zero-order valence-corrected chi connectivity index (χ0v) is 11.9. The molecule has 1 N–H and O–H groups in total. The third-order valence-electron chi connectivity index (χ3n) is 3.95. The molecular weight excluding hydrogens is 279 g/mol. The van der Waals surface area contributed by atoms with E-state index in [1.54, 1.807) is 12.1 Å². The molecule has 3 rings (SSSR count). The largest absolute Gasteiger partial charge is 0.319 e. The minimum absolute atomic E-state index is 0.0667. The third-order valence-corrected chi connectivity index (χ3v) is 5.33. The predicted molar refractivity (Wildman–Crippen MR) is 74.9 cm³/mol. The fourth-order valence-corrected chi connectivity index (χ4v) is 4.19. The molecule has 20 heavy (non-hydrogen) atoms. The van der Waals surface area contributed by atoms with Crippen molar-refractivity contribution in [1.82, 2.24) is 10.2 Å². The highest BCUT2D eigenvalue weighted by atomic mass is 32.2. The van der Waals surface area contributed by atoms with Crippen molar-refractivity contribution in [2.24, 2.45) is 0 Å². The molecule has 0 radical (unpaired) electrons. The van der Waals surface area contributed by atoms with E-state index in [0.29, 0.717) is 18.1 Å². The standard InChI is InChI=1S/C14H17FN2O2S/c15-11-3-1-10(2-4-11)14-16-9-13(18)17(14)12-5-7-20(19)8-6-12/h1-4,12,14,16H,5-9H2. The van der Waals surface area contributed by atoms with Gasteiger partial charge in [0.05, 0.1) is 6.54 Å². The number of carbonyl (C=O) groups is 1. The van der Waals surface area contributed by atoms with Gasteiger partial charge in [-0.15, -0.1) is 0 Å². The summed E-state index contributed by atoms with van der Waals surface area (Å²) in [7, 11) is -0.739. The number of nitrogens with one attached hydrogen (secondary N) is 1. The van der Waals surface area contributed by atoms with Gasteiger partial charge in [0.1, 0.15) is 12.0 Å². The molecule has 2 saturated heterocycles. The first kappa shape index (κ1) is 13.7. The molecule has 2 heterocycles. The van der Waals surface area contributed by atoms with Gasteiger partial charge >= 0.3 is 0 Å². The first-order chi connectivity index (χ1) is 9.65. The first-order valence-corrected chi connectivity index (χ1v) is 8.29. The molecule has 2 aliphatic heterocycles. The second kappa shape index (κ2) is 5.61. The van der Waals surface area contributed by atoms with Crippen LogP contribution in [0.4, 0.5) is 4.39 Å². The van der Waals surface area contributed by atoms with E-state index < -0.39 is 10.8 Å². The average molecular weight is 296 g/mol. The van der Waals surface area contributed by atoms with Crippen LogP contribution in [-0.4, -0.2) is 39.1 Å². The average Bonchev–Trinajstić information content (AvgIpc) is 2.83. The van der Waals surface area contributed by atoms with Crippen LogP contribution in [0.2, 0.25) is 0 Å². The molecule has 0 saturated carbocycles. The smallest absolute Gasteiger partial charge is 0.238 e. The molecule has 1 atom stereocenters. The lowest BCUT2D eigenvalue weighted by Gasteiger charge is -2.35. The predicted octanol–water partition coefficient (Wildman–Crippen LogP) is 1.17. The molecule has 1 aromatic rings. The van der Waals surface area contributed by atoms with E-state index in [2.05, 4.69) is 5.32 Å². The van der Waals surface area contributed by atoms with Crippen LogP contribution >= 0.6 is 0 Å². The number of benzene rings is 1. The van der Waals surface area contributed by atoms with Crippen molar-refractivity contribution in [3.63, 3.8) is 0 Å². The molecule has 0 aliphatic carbocycles. The maximum Gasteiger partial charge on any atom is 0.238 e. The SMILES string of the molecule is O=C1CNC(c2ccc(F)cc2)N1C1CCS(=O)CC1. The first-order valence-electron chi connectivity index (χ1n) is 6.80. The molecule has 1 aromatic carbocycles. The van der Waals surface area contributed by atoms with Crippen LogP contribution in [0.5, 0.6) is 0 Å². The van der Waals surface area contributed by atoms with E-state index in [-0.39, 0.29) is 23.9 Å². The number of hydrogen-bond acceptors (Lipinski definition) is 3. The van der Waals surface area contributed by atoms with Gasteiger partial charge in [0.2, 0.25) is 5.91 Å². The number of rotatable bonds is 2. The van der Waals surface area contributed by atoms with E-state index >= 15 is 0 Å². The monoisotopic (exact) mass is 296 g/mol. The molecule has 4 nitrogen and oxygen atoms in total. The summed E-state index contributed by atoms with van der Waals surface area (Å²) in [4.78, 5) is 14.0.